The Morgan fingerprint density at radius 2 is 0.540 bits per heavy atom. The first-order valence-electron chi connectivity index (χ1n) is 40.4. The molecule has 0 fully saturated rings. The lowest BCUT2D eigenvalue weighted by atomic mass is 10.0. The Hall–Kier alpha value is -1.40. The first kappa shape index (κ1) is 85.6. The van der Waals surface area contributed by atoms with Crippen LogP contribution in [0.5, 0.6) is 0 Å². The van der Waals surface area contributed by atoms with E-state index in [-0.39, 0.29) is 18.5 Å². The molecule has 0 aromatic carbocycles. The van der Waals surface area contributed by atoms with Crippen LogP contribution >= 0.6 is 0 Å². The molecule has 6 nitrogen and oxygen atoms in total. The largest absolute Gasteiger partial charge is 0.466 e. The molecular formula is C81H159NO5. The molecule has 2 atom stereocenters. The zero-order valence-electron chi connectivity index (χ0n) is 59.5. The Kier molecular flexibility index (Phi) is 75.8. The van der Waals surface area contributed by atoms with E-state index in [1.54, 1.807) is 0 Å². The Bertz CT molecular complexity index is 1320. The molecule has 0 heterocycles. The van der Waals surface area contributed by atoms with Crippen LogP contribution in [0.4, 0.5) is 0 Å². The fraction of sp³-hybridized carbons (Fsp3) is 0.951. The summed E-state index contributed by atoms with van der Waals surface area (Å²) in [6.07, 6.45) is 97.4. The summed E-state index contributed by atoms with van der Waals surface area (Å²) in [5, 5.41) is 23.4. The van der Waals surface area contributed by atoms with E-state index in [2.05, 4.69) is 31.3 Å². The van der Waals surface area contributed by atoms with Crippen molar-refractivity contribution in [2.24, 2.45) is 0 Å². The van der Waals surface area contributed by atoms with Crippen molar-refractivity contribution in [2.45, 2.75) is 482 Å². The number of rotatable bonds is 77. The zero-order valence-corrected chi connectivity index (χ0v) is 59.5. The number of hydrogen-bond donors (Lipinski definition) is 3. The van der Waals surface area contributed by atoms with Crippen molar-refractivity contribution in [3.05, 3.63) is 12.2 Å². The number of aliphatic hydroxyl groups excluding tert-OH is 2. The van der Waals surface area contributed by atoms with Gasteiger partial charge in [0.05, 0.1) is 25.4 Å². The van der Waals surface area contributed by atoms with Gasteiger partial charge in [0.1, 0.15) is 0 Å². The average molecular weight is 1230 g/mol. The molecule has 2 unspecified atom stereocenters. The Balaban J connectivity index is 3.31. The van der Waals surface area contributed by atoms with Crippen LogP contribution < -0.4 is 5.32 Å². The van der Waals surface area contributed by atoms with Crippen molar-refractivity contribution in [2.75, 3.05) is 13.2 Å². The first-order chi connectivity index (χ1) is 43.0. The third kappa shape index (κ3) is 73.5. The SMILES string of the molecule is CCCCCCCC/C=C\CCCCCCCCCCCC(=O)OCCCCCCCCCCCCCCCCCCCCCCCCCCCCCCCCCC(=O)NC(CO)C(O)CCCCCCCCCCCCCCCCCCCCCC. The molecule has 87 heavy (non-hydrogen) atoms. The molecule has 0 aliphatic rings. The maximum Gasteiger partial charge on any atom is 0.305 e. The molecule has 0 aromatic rings. The minimum atomic E-state index is -0.662. The number of carbonyl (C=O) groups is 2. The quantitative estimate of drug-likeness (QED) is 0.0320. The first-order valence-corrected chi connectivity index (χ1v) is 40.4. The second-order valence-electron chi connectivity index (χ2n) is 28.1. The van der Waals surface area contributed by atoms with Crippen LogP contribution in [0.1, 0.15) is 470 Å². The molecule has 3 N–H and O–H groups in total. The van der Waals surface area contributed by atoms with Crippen LogP contribution in [0.3, 0.4) is 0 Å². The Morgan fingerprint density at radius 3 is 0.816 bits per heavy atom. The normalized spacial score (nSPS) is 12.5. The third-order valence-corrected chi connectivity index (χ3v) is 19.3. The highest BCUT2D eigenvalue weighted by atomic mass is 16.5. The summed E-state index contributed by atoms with van der Waals surface area (Å²) in [7, 11) is 0. The van der Waals surface area contributed by atoms with Crippen LogP contribution in [0.25, 0.3) is 0 Å². The number of aliphatic hydroxyl groups is 2. The molecule has 0 saturated carbocycles. The van der Waals surface area contributed by atoms with Gasteiger partial charge in [0.15, 0.2) is 0 Å². The van der Waals surface area contributed by atoms with E-state index < -0.39 is 12.1 Å². The number of nitrogens with one attached hydrogen (secondary N) is 1. The summed E-state index contributed by atoms with van der Waals surface area (Å²) in [5.74, 6) is -0.00349. The molecule has 0 bridgehead atoms. The summed E-state index contributed by atoms with van der Waals surface area (Å²) in [5.41, 5.74) is 0. The molecule has 0 rings (SSSR count). The van der Waals surface area contributed by atoms with Gasteiger partial charge in [-0.3, -0.25) is 9.59 Å². The molecule has 0 aliphatic carbocycles. The van der Waals surface area contributed by atoms with Gasteiger partial charge in [0, 0.05) is 12.8 Å². The number of hydrogen-bond acceptors (Lipinski definition) is 5. The summed E-state index contributed by atoms with van der Waals surface area (Å²) in [6.45, 7) is 5.01. The lowest BCUT2D eigenvalue weighted by Gasteiger charge is -2.22. The maximum atomic E-state index is 12.6. The second-order valence-corrected chi connectivity index (χ2v) is 28.1. The molecule has 0 saturated heterocycles. The lowest BCUT2D eigenvalue weighted by molar-refractivity contribution is -0.143. The molecule has 6 heteroatoms. The predicted molar refractivity (Wildman–Crippen MR) is 384 cm³/mol. The summed E-state index contributed by atoms with van der Waals surface area (Å²) in [6, 6.07) is -0.538. The fourth-order valence-electron chi connectivity index (χ4n) is 13.2. The van der Waals surface area contributed by atoms with Gasteiger partial charge in [-0.05, 0) is 51.4 Å². The predicted octanol–water partition coefficient (Wildman–Crippen LogP) is 26.7. The van der Waals surface area contributed by atoms with E-state index in [1.807, 2.05) is 0 Å². The molecule has 518 valence electrons. The smallest absolute Gasteiger partial charge is 0.305 e. The van der Waals surface area contributed by atoms with Crippen molar-refractivity contribution in [3.63, 3.8) is 0 Å². The summed E-state index contributed by atoms with van der Waals surface area (Å²) in [4.78, 5) is 24.7. The highest BCUT2D eigenvalue weighted by molar-refractivity contribution is 5.76. The number of amides is 1. The van der Waals surface area contributed by atoms with E-state index in [9.17, 15) is 19.8 Å². The molecule has 0 aromatic heterocycles. The standard InChI is InChI=1S/C81H159NO5/c1-3-5-7-9-11-13-15-17-19-21-23-38-41-45-49-53-57-61-65-69-73-79(84)78(77-83)82-80(85)74-70-66-62-58-54-50-46-42-39-35-33-31-29-27-25-24-26-28-30-32-34-36-40-44-48-52-56-60-64-68-72-76-87-81(86)75-71-67-63-59-55-51-47-43-37-22-20-18-16-14-12-10-8-6-4-2/h18,20,78-79,83-84H,3-17,19,21-77H2,1-2H3,(H,82,85)/b20-18-. The van der Waals surface area contributed by atoms with E-state index in [0.29, 0.717) is 25.9 Å². The van der Waals surface area contributed by atoms with Crippen molar-refractivity contribution in [1.82, 2.24) is 5.32 Å². The molecular weight excluding hydrogens is 1070 g/mol. The number of carbonyl (C=O) groups excluding carboxylic acids is 2. The number of allylic oxidation sites excluding steroid dienone is 2. The van der Waals surface area contributed by atoms with E-state index in [1.165, 1.54) is 398 Å². The van der Waals surface area contributed by atoms with Gasteiger partial charge in [0.2, 0.25) is 5.91 Å². The molecule has 0 aliphatic heterocycles. The van der Waals surface area contributed by atoms with Gasteiger partial charge in [-0.2, -0.15) is 0 Å². The summed E-state index contributed by atoms with van der Waals surface area (Å²) >= 11 is 0. The van der Waals surface area contributed by atoms with E-state index in [0.717, 1.165) is 38.5 Å². The van der Waals surface area contributed by atoms with Crippen LogP contribution in [0.2, 0.25) is 0 Å². The van der Waals surface area contributed by atoms with Crippen molar-refractivity contribution in [1.29, 1.82) is 0 Å². The topological polar surface area (TPSA) is 95.9 Å². The average Bonchev–Trinajstić information content (AvgIpc) is 3.53. The van der Waals surface area contributed by atoms with Gasteiger partial charge >= 0.3 is 5.97 Å². The van der Waals surface area contributed by atoms with Crippen LogP contribution in [0.15, 0.2) is 12.2 Å². The monoisotopic (exact) mass is 1230 g/mol. The van der Waals surface area contributed by atoms with Gasteiger partial charge in [-0.1, -0.05) is 418 Å². The fourth-order valence-corrected chi connectivity index (χ4v) is 13.2. The zero-order chi connectivity index (χ0) is 62.8. The van der Waals surface area contributed by atoms with Gasteiger partial charge in [-0.25, -0.2) is 0 Å². The van der Waals surface area contributed by atoms with Gasteiger partial charge in [-0.15, -0.1) is 0 Å². The molecule has 0 spiro atoms. The third-order valence-electron chi connectivity index (χ3n) is 19.3. The van der Waals surface area contributed by atoms with Gasteiger partial charge in [0.25, 0.3) is 0 Å². The van der Waals surface area contributed by atoms with Crippen molar-refractivity contribution in [3.8, 4) is 0 Å². The number of esters is 1. The van der Waals surface area contributed by atoms with Crippen LogP contribution in [-0.4, -0.2) is 47.4 Å². The van der Waals surface area contributed by atoms with E-state index >= 15 is 0 Å². The van der Waals surface area contributed by atoms with E-state index in [4.69, 9.17) is 4.74 Å². The van der Waals surface area contributed by atoms with Crippen LogP contribution in [-0.2, 0) is 14.3 Å². The number of unbranched alkanes of at least 4 members (excludes halogenated alkanes) is 64. The maximum absolute atomic E-state index is 12.6. The minimum absolute atomic E-state index is 0.0217. The number of ether oxygens (including phenoxy) is 1. The highest BCUT2D eigenvalue weighted by Crippen LogP contribution is 2.20. The van der Waals surface area contributed by atoms with Gasteiger partial charge < -0.3 is 20.3 Å². The van der Waals surface area contributed by atoms with Crippen LogP contribution in [0, 0.1) is 0 Å². The van der Waals surface area contributed by atoms with Crippen molar-refractivity contribution < 1.29 is 24.5 Å². The molecule has 0 radical (unpaired) electrons. The van der Waals surface area contributed by atoms with Crippen molar-refractivity contribution >= 4 is 11.9 Å². The second kappa shape index (κ2) is 77.1. The highest BCUT2D eigenvalue weighted by Gasteiger charge is 2.20. The Labute approximate surface area is 546 Å². The minimum Gasteiger partial charge on any atom is -0.466 e. The lowest BCUT2D eigenvalue weighted by Crippen LogP contribution is -2.45. The Morgan fingerprint density at radius 1 is 0.310 bits per heavy atom. The summed E-state index contributed by atoms with van der Waals surface area (Å²) < 4.78 is 5.52. The molecule has 1 amide bonds.